The van der Waals surface area contributed by atoms with Crippen molar-refractivity contribution < 1.29 is 8.42 Å². The summed E-state index contributed by atoms with van der Waals surface area (Å²) in [6.07, 6.45) is 2.34. The van der Waals surface area contributed by atoms with Crippen molar-refractivity contribution in [2.24, 2.45) is 0 Å². The Hall–Kier alpha value is -0.580. The average molecular weight is 288 g/mol. The summed E-state index contributed by atoms with van der Waals surface area (Å²) in [7, 11) is -3.55. The van der Waals surface area contributed by atoms with Crippen molar-refractivity contribution in [3.8, 4) is 0 Å². The Morgan fingerprint density at radius 1 is 1.28 bits per heavy atom. The summed E-state index contributed by atoms with van der Waals surface area (Å²) in [5.41, 5.74) is 0.617. The van der Waals surface area contributed by atoms with Crippen LogP contribution in [-0.2, 0) is 10.0 Å². The van der Waals surface area contributed by atoms with Crippen LogP contribution < -0.4 is 4.72 Å². The van der Waals surface area contributed by atoms with E-state index < -0.39 is 15.6 Å². The van der Waals surface area contributed by atoms with E-state index in [2.05, 4.69) is 4.72 Å². The normalized spacial score (nSPS) is 16.9. The fourth-order valence-electron chi connectivity index (χ4n) is 1.86. The van der Waals surface area contributed by atoms with Crippen molar-refractivity contribution in [2.45, 2.75) is 50.0 Å². The summed E-state index contributed by atoms with van der Waals surface area (Å²) >= 11 is 6.10. The van der Waals surface area contributed by atoms with Crippen LogP contribution in [0.4, 0.5) is 0 Å². The van der Waals surface area contributed by atoms with Crippen LogP contribution in [0.25, 0.3) is 0 Å². The van der Waals surface area contributed by atoms with E-state index in [1.807, 2.05) is 6.07 Å². The first-order chi connectivity index (χ1) is 8.19. The van der Waals surface area contributed by atoms with E-state index in [0.29, 0.717) is 10.9 Å². The molecular formula is C13H18ClNO2S. The first-order valence-electron chi connectivity index (χ1n) is 6.02. The van der Waals surface area contributed by atoms with Crippen LogP contribution in [0.3, 0.4) is 0 Å². The molecule has 0 spiro atoms. The van der Waals surface area contributed by atoms with Crippen LogP contribution >= 0.6 is 11.6 Å². The van der Waals surface area contributed by atoms with E-state index in [1.165, 1.54) is 12.8 Å². The number of sulfonamides is 1. The molecule has 5 heteroatoms. The van der Waals surface area contributed by atoms with Crippen LogP contribution in [0, 0.1) is 0 Å². The highest BCUT2D eigenvalue weighted by molar-refractivity contribution is 7.89. The lowest BCUT2D eigenvalue weighted by atomic mass is 10.1. The number of rotatable bonds is 3. The molecule has 1 saturated carbocycles. The van der Waals surface area contributed by atoms with Gasteiger partial charge in [-0.15, -0.1) is 0 Å². The van der Waals surface area contributed by atoms with Crippen LogP contribution in [0.15, 0.2) is 23.1 Å². The number of hydrogen-bond acceptors (Lipinski definition) is 2. The van der Waals surface area contributed by atoms with Crippen LogP contribution in [0.1, 0.15) is 45.1 Å². The lowest BCUT2D eigenvalue weighted by molar-refractivity contribution is 0.491. The molecule has 0 amide bonds. The van der Waals surface area contributed by atoms with Crippen molar-refractivity contribution in [3.05, 3.63) is 28.8 Å². The van der Waals surface area contributed by atoms with Crippen LogP contribution in [0.2, 0.25) is 5.02 Å². The minimum absolute atomic E-state index is 0.156. The van der Waals surface area contributed by atoms with Gasteiger partial charge in [0.1, 0.15) is 4.90 Å². The van der Waals surface area contributed by atoms with Gasteiger partial charge in [-0.1, -0.05) is 17.7 Å². The summed E-state index contributed by atoms with van der Waals surface area (Å²) in [5, 5.41) is 0.302. The third-order valence-corrected chi connectivity index (χ3v) is 4.98. The molecular weight excluding hydrogens is 270 g/mol. The van der Waals surface area contributed by atoms with Gasteiger partial charge in [-0.05, 0) is 57.2 Å². The molecule has 0 radical (unpaired) electrons. The van der Waals surface area contributed by atoms with Gasteiger partial charge in [0.25, 0.3) is 0 Å². The number of halogens is 1. The number of nitrogens with one attached hydrogen (secondary N) is 1. The quantitative estimate of drug-likeness (QED) is 0.927. The minimum Gasteiger partial charge on any atom is -0.207 e. The summed E-state index contributed by atoms with van der Waals surface area (Å²) < 4.78 is 26.9. The molecule has 1 aliphatic carbocycles. The Labute approximate surface area is 114 Å². The first-order valence-corrected chi connectivity index (χ1v) is 7.88. The monoisotopic (exact) mass is 287 g/mol. The fourth-order valence-corrected chi connectivity index (χ4v) is 3.84. The molecule has 0 bridgehead atoms. The van der Waals surface area contributed by atoms with Gasteiger partial charge >= 0.3 is 0 Å². The second-order valence-corrected chi connectivity index (χ2v) is 7.88. The van der Waals surface area contributed by atoms with Gasteiger partial charge in [0.15, 0.2) is 0 Å². The first kappa shape index (κ1) is 13.8. The summed E-state index contributed by atoms with van der Waals surface area (Å²) in [4.78, 5) is 0.156. The minimum atomic E-state index is -3.55. The van der Waals surface area contributed by atoms with Crippen molar-refractivity contribution in [3.63, 3.8) is 0 Å². The third-order valence-electron chi connectivity index (χ3n) is 2.73. The summed E-state index contributed by atoms with van der Waals surface area (Å²) in [6.45, 7) is 5.41. The molecule has 0 aromatic heterocycles. The van der Waals surface area contributed by atoms with Gasteiger partial charge < -0.3 is 0 Å². The maximum Gasteiger partial charge on any atom is 0.242 e. The smallest absolute Gasteiger partial charge is 0.207 e. The maximum absolute atomic E-state index is 12.2. The molecule has 1 aliphatic rings. The van der Waals surface area contributed by atoms with Crippen molar-refractivity contribution in [1.82, 2.24) is 4.72 Å². The topological polar surface area (TPSA) is 46.2 Å². The van der Waals surface area contributed by atoms with Gasteiger partial charge in [0, 0.05) is 5.54 Å². The summed E-state index contributed by atoms with van der Waals surface area (Å²) in [5.74, 6) is 0.565. The Bertz CT molecular complexity index is 557. The van der Waals surface area contributed by atoms with Crippen molar-refractivity contribution >= 4 is 21.6 Å². The lowest BCUT2D eigenvalue weighted by Gasteiger charge is -2.21. The average Bonchev–Trinajstić information content (AvgIpc) is 2.95. The Morgan fingerprint density at radius 2 is 1.89 bits per heavy atom. The fraction of sp³-hybridized carbons (Fsp3) is 0.538. The molecule has 18 heavy (non-hydrogen) atoms. The van der Waals surface area contributed by atoms with Gasteiger partial charge in [-0.3, -0.25) is 0 Å². The highest BCUT2D eigenvalue weighted by Crippen LogP contribution is 2.41. The number of hydrogen-bond donors (Lipinski definition) is 1. The SMILES string of the molecule is CC(C)(C)NS(=O)(=O)c1ccc(C2CC2)cc1Cl. The van der Waals surface area contributed by atoms with Crippen LogP contribution in [-0.4, -0.2) is 14.0 Å². The van der Waals surface area contributed by atoms with E-state index in [4.69, 9.17) is 11.6 Å². The zero-order valence-electron chi connectivity index (χ0n) is 10.8. The van der Waals surface area contributed by atoms with Crippen molar-refractivity contribution in [1.29, 1.82) is 0 Å². The van der Waals surface area contributed by atoms with Gasteiger partial charge in [0.05, 0.1) is 5.02 Å². The van der Waals surface area contributed by atoms with E-state index in [0.717, 1.165) is 5.56 Å². The second kappa shape index (κ2) is 4.51. The van der Waals surface area contributed by atoms with E-state index in [1.54, 1.807) is 32.9 Å². The molecule has 0 unspecified atom stereocenters. The van der Waals surface area contributed by atoms with Gasteiger partial charge in [-0.25, -0.2) is 13.1 Å². The van der Waals surface area contributed by atoms with Gasteiger partial charge in [0.2, 0.25) is 10.0 Å². The predicted molar refractivity (Wildman–Crippen MR) is 73.5 cm³/mol. The molecule has 0 heterocycles. The number of benzene rings is 1. The largest absolute Gasteiger partial charge is 0.242 e. The van der Waals surface area contributed by atoms with E-state index in [9.17, 15) is 8.42 Å². The molecule has 0 aliphatic heterocycles. The van der Waals surface area contributed by atoms with Crippen molar-refractivity contribution in [2.75, 3.05) is 0 Å². The zero-order valence-corrected chi connectivity index (χ0v) is 12.4. The molecule has 2 rings (SSSR count). The maximum atomic E-state index is 12.2. The molecule has 0 saturated heterocycles. The summed E-state index contributed by atoms with van der Waals surface area (Å²) in [6, 6.07) is 5.24. The molecule has 1 N–H and O–H groups in total. The van der Waals surface area contributed by atoms with E-state index >= 15 is 0 Å². The Morgan fingerprint density at radius 3 is 2.33 bits per heavy atom. The van der Waals surface area contributed by atoms with E-state index in [-0.39, 0.29) is 4.90 Å². The third kappa shape index (κ3) is 3.25. The predicted octanol–water partition coefficient (Wildman–Crippen LogP) is 3.29. The lowest BCUT2D eigenvalue weighted by Crippen LogP contribution is -2.40. The Kier molecular flexibility index (Phi) is 3.47. The van der Waals surface area contributed by atoms with Gasteiger partial charge in [-0.2, -0.15) is 0 Å². The molecule has 1 aromatic rings. The molecule has 100 valence electrons. The molecule has 3 nitrogen and oxygen atoms in total. The zero-order chi connectivity index (χ0) is 13.6. The Balaban J connectivity index is 2.33. The van der Waals surface area contributed by atoms with Crippen LogP contribution in [0.5, 0.6) is 0 Å². The molecule has 1 aromatic carbocycles. The molecule has 1 fully saturated rings. The highest BCUT2D eigenvalue weighted by Gasteiger charge is 2.27. The molecule has 0 atom stereocenters. The second-order valence-electron chi connectivity index (χ2n) is 5.82. The highest BCUT2D eigenvalue weighted by atomic mass is 35.5. The standard InChI is InChI=1S/C13H18ClNO2S/c1-13(2,3)15-18(16,17)12-7-6-10(8-11(12)14)9-4-5-9/h6-9,15H,4-5H2,1-3H3.